The summed E-state index contributed by atoms with van der Waals surface area (Å²) >= 11 is 0. The van der Waals surface area contributed by atoms with Crippen LogP contribution < -0.4 is 0 Å². The number of hydrogen-bond donors (Lipinski definition) is 0. The summed E-state index contributed by atoms with van der Waals surface area (Å²) in [5.74, 6) is -0.0171. The maximum absolute atomic E-state index is 12.7. The summed E-state index contributed by atoms with van der Waals surface area (Å²) in [5, 5.41) is 0. The molecule has 0 spiro atoms. The molecule has 0 aliphatic carbocycles. The number of hydrogen-bond acceptors (Lipinski definition) is 4. The summed E-state index contributed by atoms with van der Waals surface area (Å²) in [5.41, 5.74) is 2.17. The van der Waals surface area contributed by atoms with Crippen LogP contribution in [-0.2, 0) is 4.74 Å². The van der Waals surface area contributed by atoms with Crippen LogP contribution in [0.2, 0.25) is 0 Å². The summed E-state index contributed by atoms with van der Waals surface area (Å²) in [6, 6.07) is 11.4. The zero-order chi connectivity index (χ0) is 19.4. The van der Waals surface area contributed by atoms with Gasteiger partial charge in [-0.25, -0.2) is 4.79 Å². The van der Waals surface area contributed by atoms with Gasteiger partial charge in [-0.1, -0.05) is 18.2 Å². The van der Waals surface area contributed by atoms with E-state index in [0.29, 0.717) is 31.7 Å². The Balaban J connectivity index is 1.59. The average molecular weight is 367 g/mol. The number of pyridine rings is 1. The molecule has 1 aromatic heterocycles. The van der Waals surface area contributed by atoms with Crippen molar-refractivity contribution in [2.24, 2.45) is 0 Å². The monoisotopic (exact) mass is 367 g/mol. The van der Waals surface area contributed by atoms with E-state index in [1.54, 1.807) is 22.2 Å². The third-order valence-electron chi connectivity index (χ3n) is 4.35. The Kier molecular flexibility index (Phi) is 5.44. The van der Waals surface area contributed by atoms with Gasteiger partial charge < -0.3 is 14.5 Å². The summed E-state index contributed by atoms with van der Waals surface area (Å²) in [4.78, 5) is 32.4. The average Bonchev–Trinajstić information content (AvgIpc) is 2.67. The van der Waals surface area contributed by atoms with E-state index in [1.165, 1.54) is 0 Å². The van der Waals surface area contributed by atoms with Crippen molar-refractivity contribution in [3.63, 3.8) is 0 Å². The van der Waals surface area contributed by atoms with Crippen LogP contribution in [0.25, 0.3) is 11.1 Å². The molecule has 0 saturated carbocycles. The van der Waals surface area contributed by atoms with Gasteiger partial charge in [0.05, 0.1) is 0 Å². The van der Waals surface area contributed by atoms with E-state index in [-0.39, 0.29) is 12.0 Å². The fourth-order valence-electron chi connectivity index (χ4n) is 2.94. The minimum atomic E-state index is -0.514. The lowest BCUT2D eigenvalue weighted by Crippen LogP contribution is -2.51. The van der Waals surface area contributed by atoms with E-state index in [4.69, 9.17) is 4.74 Å². The summed E-state index contributed by atoms with van der Waals surface area (Å²) < 4.78 is 5.39. The second kappa shape index (κ2) is 7.78. The number of benzene rings is 1. The number of carbonyl (C=O) groups is 2. The first kappa shape index (κ1) is 18.9. The molecule has 27 heavy (non-hydrogen) atoms. The second-order valence-electron chi connectivity index (χ2n) is 7.58. The van der Waals surface area contributed by atoms with Crippen molar-refractivity contribution < 1.29 is 14.3 Å². The normalized spacial score (nSPS) is 14.8. The van der Waals surface area contributed by atoms with Crippen molar-refractivity contribution in [3.8, 4) is 11.1 Å². The molecular formula is C21H25N3O3. The molecule has 2 aromatic rings. The van der Waals surface area contributed by atoms with Crippen LogP contribution in [0.3, 0.4) is 0 Å². The topological polar surface area (TPSA) is 62.7 Å². The number of nitrogens with zero attached hydrogens (tertiary/aromatic N) is 3. The van der Waals surface area contributed by atoms with Crippen molar-refractivity contribution in [1.82, 2.24) is 14.8 Å². The first-order valence-electron chi connectivity index (χ1n) is 9.11. The minimum absolute atomic E-state index is 0.0171. The van der Waals surface area contributed by atoms with Gasteiger partial charge >= 0.3 is 6.09 Å². The molecule has 1 fully saturated rings. The van der Waals surface area contributed by atoms with Crippen LogP contribution >= 0.6 is 0 Å². The highest BCUT2D eigenvalue weighted by Crippen LogP contribution is 2.19. The molecule has 142 valence electrons. The van der Waals surface area contributed by atoms with E-state index in [9.17, 15) is 9.59 Å². The number of ether oxygens (including phenoxy) is 1. The Hall–Kier alpha value is -2.89. The van der Waals surface area contributed by atoms with Gasteiger partial charge in [0.25, 0.3) is 5.91 Å². The smallest absolute Gasteiger partial charge is 0.410 e. The molecule has 1 saturated heterocycles. The van der Waals surface area contributed by atoms with Crippen molar-refractivity contribution in [2.45, 2.75) is 26.4 Å². The molecule has 3 rings (SSSR count). The van der Waals surface area contributed by atoms with Crippen molar-refractivity contribution in [2.75, 3.05) is 26.2 Å². The van der Waals surface area contributed by atoms with Gasteiger partial charge in [-0.3, -0.25) is 9.78 Å². The first-order chi connectivity index (χ1) is 12.8. The predicted molar refractivity (Wildman–Crippen MR) is 103 cm³/mol. The third-order valence-corrected chi connectivity index (χ3v) is 4.35. The van der Waals surface area contributed by atoms with Crippen LogP contribution in [0.4, 0.5) is 4.79 Å². The Morgan fingerprint density at radius 3 is 2.11 bits per heavy atom. The highest BCUT2D eigenvalue weighted by atomic mass is 16.6. The van der Waals surface area contributed by atoms with Crippen LogP contribution in [0.15, 0.2) is 48.8 Å². The van der Waals surface area contributed by atoms with Gasteiger partial charge in [0.15, 0.2) is 0 Å². The molecule has 0 atom stereocenters. The molecule has 0 N–H and O–H groups in total. The quantitative estimate of drug-likeness (QED) is 0.816. The Morgan fingerprint density at radius 1 is 0.926 bits per heavy atom. The van der Waals surface area contributed by atoms with Gasteiger partial charge in [-0.2, -0.15) is 0 Å². The summed E-state index contributed by atoms with van der Waals surface area (Å²) in [7, 11) is 0. The van der Waals surface area contributed by atoms with Crippen LogP contribution in [0.5, 0.6) is 0 Å². The number of aromatic nitrogens is 1. The Morgan fingerprint density at radius 2 is 1.56 bits per heavy atom. The molecule has 6 nitrogen and oxygen atoms in total. The highest BCUT2D eigenvalue weighted by molar-refractivity contribution is 5.94. The SMILES string of the molecule is CC(C)(C)OC(=O)N1CCN(C(=O)c2ccc(-c3cccnc3)cc2)CC1. The number of rotatable bonds is 2. The Labute approximate surface area is 159 Å². The van der Waals surface area contributed by atoms with Crippen molar-refractivity contribution in [1.29, 1.82) is 0 Å². The standard InChI is InChI=1S/C21H25N3O3/c1-21(2,3)27-20(26)24-13-11-23(12-14-24)19(25)17-8-6-16(7-9-17)18-5-4-10-22-15-18/h4-10,15H,11-14H2,1-3H3. The highest BCUT2D eigenvalue weighted by Gasteiger charge is 2.28. The van der Waals surface area contributed by atoms with Crippen molar-refractivity contribution in [3.05, 3.63) is 54.4 Å². The Bertz CT molecular complexity index is 790. The largest absolute Gasteiger partial charge is 0.444 e. The summed E-state index contributed by atoms with van der Waals surface area (Å²) in [6.07, 6.45) is 3.21. The van der Waals surface area contributed by atoms with Gasteiger partial charge in [-0.05, 0) is 50.1 Å². The first-order valence-corrected chi connectivity index (χ1v) is 9.11. The molecule has 1 aliphatic heterocycles. The van der Waals surface area contributed by atoms with Gasteiger partial charge in [0.2, 0.25) is 0 Å². The fraction of sp³-hybridized carbons (Fsp3) is 0.381. The molecule has 2 amide bonds. The van der Waals surface area contributed by atoms with E-state index < -0.39 is 5.60 Å². The maximum Gasteiger partial charge on any atom is 0.410 e. The third kappa shape index (κ3) is 4.84. The summed E-state index contributed by atoms with van der Waals surface area (Å²) in [6.45, 7) is 7.51. The van der Waals surface area contributed by atoms with E-state index >= 15 is 0 Å². The van der Waals surface area contributed by atoms with Gasteiger partial charge in [-0.15, -0.1) is 0 Å². The van der Waals surface area contributed by atoms with Crippen LogP contribution in [0.1, 0.15) is 31.1 Å². The van der Waals surface area contributed by atoms with Crippen LogP contribution in [0, 0.1) is 0 Å². The molecular weight excluding hydrogens is 342 g/mol. The molecule has 0 bridgehead atoms. The zero-order valence-electron chi connectivity index (χ0n) is 16.0. The lowest BCUT2D eigenvalue weighted by atomic mass is 10.1. The number of carbonyl (C=O) groups excluding carboxylic acids is 2. The van der Waals surface area contributed by atoms with Crippen LogP contribution in [-0.4, -0.2) is 58.6 Å². The van der Waals surface area contributed by atoms with Crippen molar-refractivity contribution >= 4 is 12.0 Å². The lowest BCUT2D eigenvalue weighted by molar-refractivity contribution is 0.0141. The zero-order valence-corrected chi connectivity index (χ0v) is 16.0. The molecule has 2 heterocycles. The number of piperazine rings is 1. The van der Waals surface area contributed by atoms with Gasteiger partial charge in [0, 0.05) is 44.1 Å². The number of amides is 2. The predicted octanol–water partition coefficient (Wildman–Crippen LogP) is 3.44. The molecule has 0 unspecified atom stereocenters. The van der Waals surface area contributed by atoms with E-state index in [0.717, 1.165) is 11.1 Å². The molecule has 1 aromatic carbocycles. The van der Waals surface area contributed by atoms with Gasteiger partial charge in [0.1, 0.15) is 5.60 Å². The minimum Gasteiger partial charge on any atom is -0.444 e. The second-order valence-corrected chi connectivity index (χ2v) is 7.58. The molecule has 0 radical (unpaired) electrons. The molecule has 6 heteroatoms. The lowest BCUT2D eigenvalue weighted by Gasteiger charge is -2.35. The maximum atomic E-state index is 12.7. The fourth-order valence-corrected chi connectivity index (χ4v) is 2.94. The molecule has 1 aliphatic rings. The van der Waals surface area contributed by atoms with E-state index in [2.05, 4.69) is 4.98 Å². The van der Waals surface area contributed by atoms with E-state index in [1.807, 2.05) is 57.2 Å².